The first-order valence-corrected chi connectivity index (χ1v) is 10.8. The number of halogens is 3. The number of amides is 1. The predicted octanol–water partition coefficient (Wildman–Crippen LogP) is 4.38. The number of hydrogen-bond acceptors (Lipinski definition) is 5. The summed E-state index contributed by atoms with van der Waals surface area (Å²) in [6, 6.07) is 10.0. The number of anilines is 1. The lowest BCUT2D eigenvalue weighted by Gasteiger charge is -2.28. The van der Waals surface area contributed by atoms with Gasteiger partial charge < -0.3 is 4.79 Å². The highest BCUT2D eigenvalue weighted by Crippen LogP contribution is 2.42. The van der Waals surface area contributed by atoms with Crippen LogP contribution in [0.5, 0.6) is 0 Å². The van der Waals surface area contributed by atoms with Crippen LogP contribution in [0.25, 0.3) is 0 Å². The van der Waals surface area contributed by atoms with E-state index in [1.165, 1.54) is 17.1 Å². The summed E-state index contributed by atoms with van der Waals surface area (Å²) in [5.41, 5.74) is 4.08. The first-order chi connectivity index (χ1) is 15.0. The predicted molar refractivity (Wildman–Crippen MR) is 119 cm³/mol. The third kappa shape index (κ3) is 4.59. The van der Waals surface area contributed by atoms with Crippen molar-refractivity contribution in [3.05, 3.63) is 63.9 Å². The molecule has 1 amide bonds. The van der Waals surface area contributed by atoms with Crippen molar-refractivity contribution in [2.45, 2.75) is 25.3 Å². The number of hydrazine groups is 1. The molecule has 2 aliphatic heterocycles. The van der Waals surface area contributed by atoms with Gasteiger partial charge in [0.1, 0.15) is 17.8 Å². The van der Waals surface area contributed by atoms with Crippen molar-refractivity contribution in [3.8, 4) is 0 Å². The van der Waals surface area contributed by atoms with E-state index in [9.17, 15) is 14.0 Å². The summed E-state index contributed by atoms with van der Waals surface area (Å²) in [6.07, 6.45) is 3.81. The fourth-order valence-electron chi connectivity index (χ4n) is 3.97. The van der Waals surface area contributed by atoms with E-state index in [4.69, 9.17) is 23.2 Å². The van der Waals surface area contributed by atoms with Crippen LogP contribution in [0, 0.1) is 11.7 Å². The van der Waals surface area contributed by atoms with Crippen molar-refractivity contribution < 1.29 is 14.0 Å². The molecule has 31 heavy (non-hydrogen) atoms. The molecule has 2 unspecified atom stereocenters. The van der Waals surface area contributed by atoms with E-state index < -0.39 is 23.7 Å². The highest BCUT2D eigenvalue weighted by atomic mass is 35.5. The Labute approximate surface area is 189 Å². The van der Waals surface area contributed by atoms with Crippen molar-refractivity contribution in [3.63, 3.8) is 0 Å². The summed E-state index contributed by atoms with van der Waals surface area (Å²) in [5, 5.41) is 8.67. The lowest BCUT2D eigenvalue weighted by molar-refractivity contribution is -0.120. The zero-order valence-electron chi connectivity index (χ0n) is 16.6. The Kier molecular flexibility index (Phi) is 6.55. The number of nitrogens with zero attached hydrogens (tertiary/aromatic N) is 3. The van der Waals surface area contributed by atoms with E-state index in [1.807, 2.05) is 5.01 Å². The van der Waals surface area contributed by atoms with Crippen LogP contribution >= 0.6 is 23.2 Å². The van der Waals surface area contributed by atoms with Gasteiger partial charge in [-0.25, -0.2) is 9.40 Å². The standard InChI is InChI=1S/C22H21Cl2FN4O2/c23-15-6-9-19(18(24)12-15)29-21(14-4-7-16(25)8-5-14)17(13-30)20(26-29)22(31)27-28-10-2-1-3-11-28/h4-9,12-13,17,21H,1-3,10-11H2,(H,27,31). The fraction of sp³-hybridized carbons (Fsp3) is 0.318. The molecule has 2 heterocycles. The summed E-state index contributed by atoms with van der Waals surface area (Å²) < 4.78 is 13.5. The molecule has 4 rings (SSSR count). The number of carbonyl (C=O) groups is 2. The van der Waals surface area contributed by atoms with Gasteiger partial charge in [-0.15, -0.1) is 0 Å². The van der Waals surface area contributed by atoms with Gasteiger partial charge in [0.25, 0.3) is 5.91 Å². The molecule has 1 N–H and O–H groups in total. The van der Waals surface area contributed by atoms with Crippen molar-refractivity contribution in [1.82, 2.24) is 10.4 Å². The van der Waals surface area contributed by atoms with Crippen LogP contribution in [0.1, 0.15) is 30.9 Å². The maximum Gasteiger partial charge on any atom is 0.282 e. The van der Waals surface area contributed by atoms with E-state index in [2.05, 4.69) is 10.5 Å². The zero-order chi connectivity index (χ0) is 22.0. The van der Waals surface area contributed by atoms with Crippen molar-refractivity contribution in [2.75, 3.05) is 18.1 Å². The average Bonchev–Trinajstić information content (AvgIpc) is 3.14. The minimum absolute atomic E-state index is 0.0842. The topological polar surface area (TPSA) is 65.0 Å². The molecule has 0 aliphatic carbocycles. The summed E-state index contributed by atoms with van der Waals surface area (Å²) in [6.45, 7) is 1.50. The average molecular weight is 463 g/mol. The van der Waals surface area contributed by atoms with Crippen LogP contribution in [0.2, 0.25) is 10.0 Å². The second-order valence-corrected chi connectivity index (χ2v) is 8.42. The molecular weight excluding hydrogens is 442 g/mol. The first kappa shape index (κ1) is 21.7. The van der Waals surface area contributed by atoms with Gasteiger partial charge >= 0.3 is 0 Å². The number of benzene rings is 2. The van der Waals surface area contributed by atoms with Gasteiger partial charge in [0.15, 0.2) is 0 Å². The largest absolute Gasteiger partial charge is 0.303 e. The van der Waals surface area contributed by atoms with Crippen LogP contribution in [0.15, 0.2) is 47.6 Å². The van der Waals surface area contributed by atoms with Gasteiger partial charge in [-0.2, -0.15) is 5.10 Å². The van der Waals surface area contributed by atoms with Crippen molar-refractivity contribution >= 4 is 46.8 Å². The second kappa shape index (κ2) is 9.34. The van der Waals surface area contributed by atoms with E-state index >= 15 is 0 Å². The van der Waals surface area contributed by atoms with Crippen molar-refractivity contribution in [1.29, 1.82) is 0 Å². The van der Waals surface area contributed by atoms with E-state index in [0.29, 0.717) is 27.6 Å². The zero-order valence-corrected chi connectivity index (χ0v) is 18.1. The summed E-state index contributed by atoms with van der Waals surface area (Å²) in [5.74, 6) is -1.69. The van der Waals surface area contributed by atoms with Gasteiger partial charge in [0.2, 0.25) is 0 Å². The van der Waals surface area contributed by atoms with Gasteiger partial charge in [-0.3, -0.25) is 15.2 Å². The Morgan fingerprint density at radius 3 is 2.45 bits per heavy atom. The van der Waals surface area contributed by atoms with Crippen LogP contribution in [-0.2, 0) is 9.59 Å². The monoisotopic (exact) mass is 462 g/mol. The molecule has 0 bridgehead atoms. The maximum absolute atomic E-state index is 13.5. The number of carbonyl (C=O) groups excluding carboxylic acids is 2. The third-order valence-corrected chi connectivity index (χ3v) is 6.04. The number of hydrazone groups is 1. The summed E-state index contributed by atoms with van der Waals surface area (Å²) in [4.78, 5) is 25.2. The van der Waals surface area contributed by atoms with Crippen LogP contribution < -0.4 is 10.4 Å². The summed E-state index contributed by atoms with van der Waals surface area (Å²) >= 11 is 12.4. The molecule has 0 aromatic heterocycles. The SMILES string of the molecule is O=CC1C(C(=O)NN2CCCCC2)=NN(c2ccc(Cl)cc2Cl)C1c1ccc(F)cc1. The minimum Gasteiger partial charge on any atom is -0.303 e. The molecule has 6 nitrogen and oxygen atoms in total. The quantitative estimate of drug-likeness (QED) is 0.669. The highest BCUT2D eigenvalue weighted by Gasteiger charge is 2.43. The Morgan fingerprint density at radius 1 is 1.10 bits per heavy atom. The molecule has 2 atom stereocenters. The van der Waals surface area contributed by atoms with Gasteiger partial charge in [0, 0.05) is 18.1 Å². The molecule has 0 radical (unpaired) electrons. The first-order valence-electron chi connectivity index (χ1n) is 10.1. The molecular formula is C22H21Cl2FN4O2. The molecule has 1 saturated heterocycles. The van der Waals surface area contributed by atoms with E-state index in [1.54, 1.807) is 30.3 Å². The number of aldehydes is 1. The molecule has 1 fully saturated rings. The van der Waals surface area contributed by atoms with Crippen molar-refractivity contribution in [2.24, 2.45) is 11.0 Å². The van der Waals surface area contributed by atoms with Crippen LogP contribution in [-0.4, -0.2) is 36.0 Å². The van der Waals surface area contributed by atoms with Gasteiger partial charge in [-0.1, -0.05) is 41.8 Å². The fourth-order valence-corrected chi connectivity index (χ4v) is 4.46. The summed E-state index contributed by atoms with van der Waals surface area (Å²) in [7, 11) is 0. The Bertz CT molecular complexity index is 1010. The van der Waals surface area contributed by atoms with Gasteiger partial charge in [-0.05, 0) is 48.7 Å². The number of hydrogen-bond donors (Lipinski definition) is 1. The minimum atomic E-state index is -0.859. The number of piperidine rings is 1. The van der Waals surface area contributed by atoms with Gasteiger partial charge in [0.05, 0.1) is 22.7 Å². The third-order valence-electron chi connectivity index (χ3n) is 5.50. The maximum atomic E-state index is 13.5. The number of nitrogens with one attached hydrogen (secondary N) is 1. The normalized spacial score (nSPS) is 21.6. The lowest BCUT2D eigenvalue weighted by atomic mass is 9.90. The molecule has 2 aromatic carbocycles. The molecule has 2 aromatic rings. The molecule has 162 valence electrons. The molecule has 9 heteroatoms. The molecule has 0 spiro atoms. The Balaban J connectivity index is 1.72. The molecule has 0 saturated carbocycles. The Morgan fingerprint density at radius 2 is 1.81 bits per heavy atom. The second-order valence-electron chi connectivity index (χ2n) is 7.57. The van der Waals surface area contributed by atoms with E-state index in [-0.39, 0.29) is 5.71 Å². The highest BCUT2D eigenvalue weighted by molar-refractivity contribution is 6.43. The Hall–Kier alpha value is -2.48. The lowest BCUT2D eigenvalue weighted by Crippen LogP contribution is -2.48. The van der Waals surface area contributed by atoms with E-state index in [0.717, 1.165) is 32.4 Å². The number of rotatable bonds is 5. The smallest absolute Gasteiger partial charge is 0.282 e. The van der Waals surface area contributed by atoms with Crippen LogP contribution in [0.3, 0.4) is 0 Å². The molecule has 2 aliphatic rings. The van der Waals surface area contributed by atoms with Crippen LogP contribution in [0.4, 0.5) is 10.1 Å².